The van der Waals surface area contributed by atoms with Gasteiger partial charge in [-0.05, 0) is 54.8 Å². The van der Waals surface area contributed by atoms with Gasteiger partial charge < -0.3 is 15.4 Å². The fourth-order valence-corrected chi connectivity index (χ4v) is 5.06. The lowest BCUT2D eigenvalue weighted by molar-refractivity contribution is -0.123. The Hall–Kier alpha value is -2.91. The van der Waals surface area contributed by atoms with Crippen molar-refractivity contribution >= 4 is 27.5 Å². The third kappa shape index (κ3) is 5.46. The summed E-state index contributed by atoms with van der Waals surface area (Å²) in [6.07, 6.45) is 1.07. The quantitative estimate of drug-likeness (QED) is 0.600. The number of carbonyl (C=O) groups excluding carboxylic acids is 2. The minimum Gasteiger partial charge on any atom is -0.484 e. The number of ether oxygens (including phenoxy) is 1. The average molecular weight is 460 g/mol. The second-order valence-corrected chi connectivity index (χ2v) is 9.54. The summed E-state index contributed by atoms with van der Waals surface area (Å²) < 4.78 is 32.2. The molecule has 0 aliphatic carbocycles. The van der Waals surface area contributed by atoms with Crippen molar-refractivity contribution in [2.75, 3.05) is 25.0 Å². The number of hydrogen-bond donors (Lipinski definition) is 2. The molecule has 0 saturated carbocycles. The second kappa shape index (κ2) is 10.1. The largest absolute Gasteiger partial charge is 0.484 e. The van der Waals surface area contributed by atoms with Crippen molar-refractivity contribution < 1.29 is 22.7 Å². The first kappa shape index (κ1) is 23.7. The smallest absolute Gasteiger partial charge is 0.258 e. The van der Waals surface area contributed by atoms with Crippen LogP contribution in [0.2, 0.25) is 0 Å². The molecule has 32 heavy (non-hydrogen) atoms. The summed E-state index contributed by atoms with van der Waals surface area (Å²) in [5, 5.41) is 5.67. The van der Waals surface area contributed by atoms with Gasteiger partial charge in [0.15, 0.2) is 6.61 Å². The van der Waals surface area contributed by atoms with E-state index in [4.69, 9.17) is 4.74 Å². The Bertz CT molecular complexity index is 1080. The Morgan fingerprint density at radius 1 is 1.12 bits per heavy atom. The number of fused-ring (bicyclic) bond motifs is 1. The van der Waals surface area contributed by atoms with Gasteiger partial charge in [-0.3, -0.25) is 9.59 Å². The van der Waals surface area contributed by atoms with Crippen LogP contribution in [-0.4, -0.2) is 44.2 Å². The Labute approximate surface area is 189 Å². The first-order valence-corrected chi connectivity index (χ1v) is 12.1. The van der Waals surface area contributed by atoms with E-state index < -0.39 is 10.0 Å². The molecular formula is C23H29N3O5S. The van der Waals surface area contributed by atoms with E-state index in [2.05, 4.69) is 10.6 Å². The van der Waals surface area contributed by atoms with Gasteiger partial charge in [-0.15, -0.1) is 0 Å². The van der Waals surface area contributed by atoms with Crippen LogP contribution in [0, 0.1) is 0 Å². The van der Waals surface area contributed by atoms with Gasteiger partial charge in [0.2, 0.25) is 15.9 Å². The molecule has 2 aromatic rings. The molecule has 0 spiro atoms. The number of anilines is 1. The monoisotopic (exact) mass is 459 g/mol. The topological polar surface area (TPSA) is 105 Å². The maximum atomic E-state index is 12.6. The fourth-order valence-electron chi connectivity index (χ4n) is 3.61. The fraction of sp³-hybridized carbons (Fsp3) is 0.391. The van der Waals surface area contributed by atoms with E-state index in [-0.39, 0.29) is 29.4 Å². The number of sulfonamides is 1. The Morgan fingerprint density at radius 3 is 2.47 bits per heavy atom. The molecule has 9 heteroatoms. The highest BCUT2D eigenvalue weighted by Gasteiger charge is 2.22. The summed E-state index contributed by atoms with van der Waals surface area (Å²) in [5.74, 6) is 0.273. The molecule has 1 atom stereocenters. The van der Waals surface area contributed by atoms with E-state index >= 15 is 0 Å². The standard InChI is InChI=1S/C23H29N3O5S/c1-4-26(5-2)32(29,30)20-10-6-17(7-11-20)16(3)24-23(28)15-31-19-9-12-21-18(14-19)8-13-22(27)25-21/h6-7,9-12,14,16H,4-5,8,13,15H2,1-3H3,(H,24,28)(H,25,27). The zero-order chi connectivity index (χ0) is 23.3. The molecule has 3 rings (SSSR count). The first-order valence-electron chi connectivity index (χ1n) is 10.7. The summed E-state index contributed by atoms with van der Waals surface area (Å²) in [6, 6.07) is 11.6. The summed E-state index contributed by atoms with van der Waals surface area (Å²) in [7, 11) is -3.51. The molecule has 172 valence electrons. The van der Waals surface area contributed by atoms with Crippen molar-refractivity contribution in [1.82, 2.24) is 9.62 Å². The van der Waals surface area contributed by atoms with E-state index in [9.17, 15) is 18.0 Å². The molecule has 2 amide bonds. The van der Waals surface area contributed by atoms with E-state index in [1.165, 1.54) is 4.31 Å². The van der Waals surface area contributed by atoms with Gasteiger partial charge in [0.1, 0.15) is 5.75 Å². The van der Waals surface area contributed by atoms with Crippen molar-refractivity contribution in [3.05, 3.63) is 53.6 Å². The maximum Gasteiger partial charge on any atom is 0.258 e. The third-order valence-electron chi connectivity index (χ3n) is 5.44. The van der Waals surface area contributed by atoms with Crippen molar-refractivity contribution in [3.8, 4) is 5.75 Å². The normalized spacial score (nSPS) is 14.4. The number of carbonyl (C=O) groups is 2. The Morgan fingerprint density at radius 2 is 1.81 bits per heavy atom. The lowest BCUT2D eigenvalue weighted by atomic mass is 10.0. The third-order valence-corrected chi connectivity index (χ3v) is 7.51. The molecule has 0 fully saturated rings. The Balaban J connectivity index is 1.56. The van der Waals surface area contributed by atoms with Crippen molar-refractivity contribution in [1.29, 1.82) is 0 Å². The highest BCUT2D eigenvalue weighted by atomic mass is 32.2. The zero-order valence-electron chi connectivity index (χ0n) is 18.6. The molecule has 1 aliphatic heterocycles. The highest BCUT2D eigenvalue weighted by molar-refractivity contribution is 7.89. The number of nitrogens with zero attached hydrogens (tertiary/aromatic N) is 1. The summed E-state index contributed by atoms with van der Waals surface area (Å²) >= 11 is 0. The number of hydrogen-bond acceptors (Lipinski definition) is 5. The van der Waals surface area contributed by atoms with E-state index in [1.54, 1.807) is 50.2 Å². The highest BCUT2D eigenvalue weighted by Crippen LogP contribution is 2.27. The molecule has 1 heterocycles. The number of nitrogens with one attached hydrogen (secondary N) is 2. The van der Waals surface area contributed by atoms with Crippen LogP contribution in [0.3, 0.4) is 0 Å². The van der Waals surface area contributed by atoms with E-state index in [0.29, 0.717) is 31.7 Å². The van der Waals surface area contributed by atoms with Crippen LogP contribution < -0.4 is 15.4 Å². The molecule has 0 aromatic heterocycles. The predicted molar refractivity (Wildman–Crippen MR) is 122 cm³/mol. The van der Waals surface area contributed by atoms with Gasteiger partial charge in [0, 0.05) is 25.2 Å². The molecule has 0 radical (unpaired) electrons. The number of aryl methyl sites for hydroxylation is 1. The van der Waals surface area contributed by atoms with Crippen LogP contribution in [0.5, 0.6) is 5.75 Å². The molecule has 8 nitrogen and oxygen atoms in total. The molecule has 0 saturated heterocycles. The van der Waals surface area contributed by atoms with Crippen LogP contribution >= 0.6 is 0 Å². The summed E-state index contributed by atoms with van der Waals surface area (Å²) in [6.45, 7) is 6.10. The van der Waals surface area contributed by atoms with Crippen LogP contribution in [0.25, 0.3) is 0 Å². The van der Waals surface area contributed by atoms with Crippen molar-refractivity contribution in [2.24, 2.45) is 0 Å². The van der Waals surface area contributed by atoms with Crippen LogP contribution in [0.15, 0.2) is 47.4 Å². The van der Waals surface area contributed by atoms with Gasteiger partial charge in [-0.25, -0.2) is 8.42 Å². The average Bonchev–Trinajstić information content (AvgIpc) is 2.78. The van der Waals surface area contributed by atoms with Gasteiger partial charge in [0.05, 0.1) is 10.9 Å². The van der Waals surface area contributed by atoms with E-state index in [0.717, 1.165) is 16.8 Å². The second-order valence-electron chi connectivity index (χ2n) is 7.60. The molecule has 2 N–H and O–H groups in total. The summed E-state index contributed by atoms with van der Waals surface area (Å²) in [5.41, 5.74) is 2.55. The lowest BCUT2D eigenvalue weighted by Gasteiger charge is -2.20. The van der Waals surface area contributed by atoms with Gasteiger partial charge >= 0.3 is 0 Å². The predicted octanol–water partition coefficient (Wildman–Crippen LogP) is 2.86. The van der Waals surface area contributed by atoms with Gasteiger partial charge in [0.25, 0.3) is 5.91 Å². The van der Waals surface area contributed by atoms with Crippen LogP contribution in [-0.2, 0) is 26.0 Å². The minimum absolute atomic E-state index is 0.00165. The van der Waals surface area contributed by atoms with Crippen LogP contribution in [0.4, 0.5) is 5.69 Å². The van der Waals surface area contributed by atoms with Gasteiger partial charge in [-0.1, -0.05) is 26.0 Å². The zero-order valence-corrected chi connectivity index (χ0v) is 19.4. The molecule has 2 aromatic carbocycles. The molecule has 0 bridgehead atoms. The van der Waals surface area contributed by atoms with Crippen molar-refractivity contribution in [3.63, 3.8) is 0 Å². The number of amides is 2. The number of benzene rings is 2. The molecular weight excluding hydrogens is 430 g/mol. The number of rotatable bonds is 9. The SMILES string of the molecule is CCN(CC)S(=O)(=O)c1ccc(C(C)NC(=O)COc2ccc3c(c2)CCC(=O)N3)cc1. The van der Waals surface area contributed by atoms with E-state index in [1.807, 2.05) is 13.0 Å². The maximum absolute atomic E-state index is 12.6. The Kier molecular flexibility index (Phi) is 7.52. The summed E-state index contributed by atoms with van der Waals surface area (Å²) in [4.78, 5) is 24.0. The molecule has 1 unspecified atom stereocenters. The van der Waals surface area contributed by atoms with Gasteiger partial charge in [-0.2, -0.15) is 4.31 Å². The van der Waals surface area contributed by atoms with Crippen LogP contribution in [0.1, 0.15) is 44.4 Å². The lowest BCUT2D eigenvalue weighted by Crippen LogP contribution is -2.32. The first-order chi connectivity index (χ1) is 15.2. The minimum atomic E-state index is -3.51. The van der Waals surface area contributed by atoms with Crippen molar-refractivity contribution in [2.45, 2.75) is 44.6 Å². The molecule has 1 aliphatic rings.